The fourth-order valence-electron chi connectivity index (χ4n) is 3.78. The van der Waals surface area contributed by atoms with Crippen molar-refractivity contribution in [1.82, 2.24) is 20.3 Å². The van der Waals surface area contributed by atoms with Crippen LogP contribution in [0.3, 0.4) is 0 Å². The summed E-state index contributed by atoms with van der Waals surface area (Å²) in [5, 5.41) is 11.9. The Hall–Kier alpha value is -0.900. The summed E-state index contributed by atoms with van der Waals surface area (Å²) >= 11 is 0. The molecule has 1 aromatic rings. The van der Waals surface area contributed by atoms with Crippen LogP contribution in [-0.4, -0.2) is 21.5 Å². The monoisotopic (exact) mass is 234 g/mol. The lowest BCUT2D eigenvalue weighted by molar-refractivity contribution is 0.397. The Kier molecular flexibility index (Phi) is 2.90. The fraction of sp³-hybridized carbons (Fsp3) is 0.846. The maximum Gasteiger partial charge on any atom is 0.0759 e. The summed E-state index contributed by atoms with van der Waals surface area (Å²) in [6.45, 7) is 6.26. The zero-order chi connectivity index (χ0) is 11.8. The van der Waals surface area contributed by atoms with Crippen LogP contribution in [0.1, 0.15) is 44.8 Å². The third-order valence-corrected chi connectivity index (χ3v) is 4.55. The van der Waals surface area contributed by atoms with Crippen LogP contribution in [0.15, 0.2) is 6.20 Å². The van der Waals surface area contributed by atoms with Gasteiger partial charge in [0, 0.05) is 6.54 Å². The van der Waals surface area contributed by atoms with E-state index in [9.17, 15) is 0 Å². The first-order valence-electron chi connectivity index (χ1n) is 6.98. The van der Waals surface area contributed by atoms with Crippen molar-refractivity contribution in [2.24, 2.45) is 17.8 Å². The first kappa shape index (κ1) is 11.2. The van der Waals surface area contributed by atoms with Crippen molar-refractivity contribution in [3.05, 3.63) is 11.9 Å². The first-order chi connectivity index (χ1) is 8.36. The molecule has 3 rings (SSSR count). The Morgan fingerprint density at radius 2 is 2.18 bits per heavy atom. The first-order valence-corrected chi connectivity index (χ1v) is 6.98. The molecule has 2 aliphatic carbocycles. The van der Waals surface area contributed by atoms with Crippen LogP contribution in [0.25, 0.3) is 0 Å². The lowest BCUT2D eigenvalue weighted by Crippen LogP contribution is -2.27. The number of aromatic nitrogens is 3. The lowest BCUT2D eigenvalue weighted by Gasteiger charge is -2.20. The average Bonchev–Trinajstić information content (AvgIpc) is 2.78. The second kappa shape index (κ2) is 4.41. The van der Waals surface area contributed by atoms with E-state index in [2.05, 4.69) is 29.5 Å². The number of rotatable bonds is 5. The molecule has 2 aliphatic rings. The summed E-state index contributed by atoms with van der Waals surface area (Å²) in [5.74, 6) is 2.78. The van der Waals surface area contributed by atoms with Crippen LogP contribution >= 0.6 is 0 Å². The Bertz CT molecular complexity index is 377. The number of nitrogens with one attached hydrogen (secondary N) is 1. The van der Waals surface area contributed by atoms with Crippen LogP contribution in [0.4, 0.5) is 0 Å². The Labute approximate surface area is 103 Å². The molecular weight excluding hydrogens is 212 g/mol. The number of hydrogen-bond acceptors (Lipinski definition) is 3. The fourth-order valence-corrected chi connectivity index (χ4v) is 3.78. The van der Waals surface area contributed by atoms with Crippen LogP contribution < -0.4 is 5.32 Å². The van der Waals surface area contributed by atoms with E-state index in [4.69, 9.17) is 0 Å². The van der Waals surface area contributed by atoms with E-state index in [1.54, 1.807) is 0 Å². The van der Waals surface area contributed by atoms with Crippen LogP contribution in [0.2, 0.25) is 0 Å². The molecule has 3 atom stereocenters. The van der Waals surface area contributed by atoms with E-state index in [0.717, 1.165) is 30.8 Å². The minimum Gasteiger partial charge on any atom is -0.309 e. The van der Waals surface area contributed by atoms with E-state index < -0.39 is 0 Å². The normalized spacial score (nSPS) is 32.5. The van der Waals surface area contributed by atoms with Gasteiger partial charge in [0.15, 0.2) is 0 Å². The molecule has 0 bridgehead atoms. The zero-order valence-electron chi connectivity index (χ0n) is 10.8. The van der Waals surface area contributed by atoms with E-state index in [1.807, 2.05) is 10.9 Å². The Morgan fingerprint density at radius 1 is 1.41 bits per heavy atom. The molecule has 4 nitrogen and oxygen atoms in total. The Morgan fingerprint density at radius 3 is 2.82 bits per heavy atom. The van der Waals surface area contributed by atoms with E-state index in [1.165, 1.54) is 25.0 Å². The largest absolute Gasteiger partial charge is 0.309 e. The Balaban J connectivity index is 1.81. The van der Waals surface area contributed by atoms with Gasteiger partial charge in [-0.15, -0.1) is 5.10 Å². The topological polar surface area (TPSA) is 42.7 Å². The predicted octanol–water partition coefficient (Wildman–Crippen LogP) is 1.99. The highest BCUT2D eigenvalue weighted by Gasteiger charge is 2.56. The van der Waals surface area contributed by atoms with Crippen molar-refractivity contribution in [2.75, 3.05) is 6.54 Å². The predicted molar refractivity (Wildman–Crippen MR) is 66.4 cm³/mol. The van der Waals surface area contributed by atoms with Gasteiger partial charge in [0.25, 0.3) is 0 Å². The van der Waals surface area contributed by atoms with Crippen molar-refractivity contribution < 1.29 is 0 Å². The highest BCUT2D eigenvalue weighted by Crippen LogP contribution is 2.62. The molecule has 4 heteroatoms. The quantitative estimate of drug-likeness (QED) is 0.847. The van der Waals surface area contributed by atoms with Crippen LogP contribution in [0.5, 0.6) is 0 Å². The molecule has 0 amide bonds. The van der Waals surface area contributed by atoms with E-state index in [0.29, 0.717) is 6.04 Å². The minimum atomic E-state index is 0.477. The molecule has 17 heavy (non-hydrogen) atoms. The summed E-state index contributed by atoms with van der Waals surface area (Å²) in [5.41, 5.74) is 1.29. The molecule has 0 spiro atoms. The van der Waals surface area contributed by atoms with Crippen molar-refractivity contribution in [2.45, 2.75) is 45.7 Å². The van der Waals surface area contributed by atoms with Gasteiger partial charge in [0.1, 0.15) is 0 Å². The average molecular weight is 234 g/mol. The summed E-state index contributed by atoms with van der Waals surface area (Å²) < 4.78 is 2.04. The van der Waals surface area contributed by atoms with Gasteiger partial charge in [0.05, 0.1) is 17.9 Å². The highest BCUT2D eigenvalue weighted by atomic mass is 15.4. The number of aryl methyl sites for hydroxylation is 1. The molecule has 2 fully saturated rings. The van der Waals surface area contributed by atoms with Gasteiger partial charge in [-0.2, -0.15) is 0 Å². The summed E-state index contributed by atoms with van der Waals surface area (Å²) in [6, 6.07) is 0.477. The van der Waals surface area contributed by atoms with Crippen molar-refractivity contribution in [3.8, 4) is 0 Å². The van der Waals surface area contributed by atoms with E-state index in [-0.39, 0.29) is 0 Å². The smallest absolute Gasteiger partial charge is 0.0759 e. The molecule has 0 radical (unpaired) electrons. The van der Waals surface area contributed by atoms with Crippen LogP contribution in [0, 0.1) is 17.8 Å². The summed E-state index contributed by atoms with van der Waals surface area (Å²) in [6.07, 6.45) is 6.26. The molecule has 94 valence electrons. The number of nitrogens with zero attached hydrogens (tertiary/aromatic N) is 3. The van der Waals surface area contributed by atoms with Gasteiger partial charge in [0.2, 0.25) is 0 Å². The second-order valence-corrected chi connectivity index (χ2v) is 5.35. The molecule has 0 aromatic carbocycles. The second-order valence-electron chi connectivity index (χ2n) is 5.35. The molecule has 0 saturated heterocycles. The maximum atomic E-state index is 4.17. The van der Waals surface area contributed by atoms with Gasteiger partial charge in [-0.3, -0.25) is 0 Å². The maximum absolute atomic E-state index is 4.17. The molecule has 2 saturated carbocycles. The highest BCUT2D eigenvalue weighted by molar-refractivity contribution is 5.15. The lowest BCUT2D eigenvalue weighted by atomic mass is 10.0. The molecule has 1 heterocycles. The third-order valence-electron chi connectivity index (χ3n) is 4.55. The van der Waals surface area contributed by atoms with Crippen molar-refractivity contribution in [3.63, 3.8) is 0 Å². The SMILES string of the molecule is CCNC(c1cnnn1CC)C1C2CCCC21. The third kappa shape index (κ3) is 1.79. The van der Waals surface area contributed by atoms with E-state index >= 15 is 0 Å². The number of hydrogen-bond donors (Lipinski definition) is 1. The minimum absolute atomic E-state index is 0.477. The van der Waals surface area contributed by atoms with Crippen molar-refractivity contribution in [1.29, 1.82) is 0 Å². The van der Waals surface area contributed by atoms with Gasteiger partial charge in [-0.1, -0.05) is 18.6 Å². The summed E-state index contributed by atoms with van der Waals surface area (Å²) in [7, 11) is 0. The molecule has 0 aliphatic heterocycles. The van der Waals surface area contributed by atoms with Crippen LogP contribution in [-0.2, 0) is 6.54 Å². The van der Waals surface area contributed by atoms with Gasteiger partial charge >= 0.3 is 0 Å². The molecular formula is C13H22N4. The summed E-state index contributed by atoms with van der Waals surface area (Å²) in [4.78, 5) is 0. The van der Waals surface area contributed by atoms with Gasteiger partial charge < -0.3 is 5.32 Å². The molecule has 3 unspecified atom stereocenters. The molecule has 1 N–H and O–H groups in total. The molecule has 1 aromatic heterocycles. The number of fused-ring (bicyclic) bond motifs is 1. The zero-order valence-corrected chi connectivity index (χ0v) is 10.8. The van der Waals surface area contributed by atoms with Gasteiger partial charge in [-0.05, 0) is 44.1 Å². The standard InChI is InChI=1S/C13H22N4/c1-3-14-13(11-8-15-16-17(11)4-2)12-9-6-5-7-10(9)12/h8-10,12-14H,3-7H2,1-2H3. The van der Waals surface area contributed by atoms with Gasteiger partial charge in [-0.25, -0.2) is 4.68 Å². The van der Waals surface area contributed by atoms with Crippen molar-refractivity contribution >= 4 is 0 Å².